The highest BCUT2D eigenvalue weighted by Crippen LogP contribution is 2.14. The Hall–Kier alpha value is -2.37. The first kappa shape index (κ1) is 15.0. The van der Waals surface area contributed by atoms with E-state index >= 15 is 0 Å². The third kappa shape index (κ3) is 3.21. The number of imide groups is 1. The van der Waals surface area contributed by atoms with Crippen LogP contribution < -0.4 is 10.2 Å². The van der Waals surface area contributed by atoms with Gasteiger partial charge in [0.15, 0.2) is 0 Å². The standard InChI is InChI=1S/C15H19N3O3/c1-3-7-12-14(20)18(15(21)16-12)10-13(19)17(2)11-8-5-4-6-9-11/h4-6,8-9,12H,3,7,10H2,1-2H3,(H,16,21)/t12-/m1/s1. The van der Waals surface area contributed by atoms with Gasteiger partial charge in [-0.25, -0.2) is 4.79 Å². The Bertz CT molecular complexity index is 544. The molecule has 0 bridgehead atoms. The van der Waals surface area contributed by atoms with Crippen molar-refractivity contribution in [1.82, 2.24) is 10.2 Å². The number of para-hydroxylation sites is 1. The summed E-state index contributed by atoms with van der Waals surface area (Å²) in [5, 5.41) is 2.61. The average molecular weight is 289 g/mol. The summed E-state index contributed by atoms with van der Waals surface area (Å²) < 4.78 is 0. The minimum absolute atomic E-state index is 0.240. The number of carbonyl (C=O) groups is 3. The molecule has 1 aliphatic heterocycles. The number of anilines is 1. The fourth-order valence-electron chi connectivity index (χ4n) is 2.25. The topological polar surface area (TPSA) is 69.7 Å². The van der Waals surface area contributed by atoms with Gasteiger partial charge >= 0.3 is 6.03 Å². The lowest BCUT2D eigenvalue weighted by molar-refractivity contribution is -0.131. The maximum absolute atomic E-state index is 12.2. The molecule has 1 heterocycles. The van der Waals surface area contributed by atoms with E-state index in [-0.39, 0.29) is 18.4 Å². The van der Waals surface area contributed by atoms with Gasteiger partial charge in [0, 0.05) is 12.7 Å². The van der Waals surface area contributed by atoms with Crippen molar-refractivity contribution in [1.29, 1.82) is 0 Å². The molecule has 0 radical (unpaired) electrons. The highest BCUT2D eigenvalue weighted by atomic mass is 16.2. The molecule has 1 fully saturated rings. The number of rotatable bonds is 5. The zero-order chi connectivity index (χ0) is 15.4. The molecule has 0 spiro atoms. The molecule has 0 unspecified atom stereocenters. The number of urea groups is 1. The first-order chi connectivity index (χ1) is 10.0. The lowest BCUT2D eigenvalue weighted by Gasteiger charge is -2.20. The second-order valence-electron chi connectivity index (χ2n) is 5.00. The van der Waals surface area contributed by atoms with Gasteiger partial charge < -0.3 is 10.2 Å². The van der Waals surface area contributed by atoms with Gasteiger partial charge in [-0.3, -0.25) is 14.5 Å². The molecule has 1 atom stereocenters. The van der Waals surface area contributed by atoms with Crippen molar-refractivity contribution in [3.8, 4) is 0 Å². The molecule has 0 saturated carbocycles. The van der Waals surface area contributed by atoms with Crippen molar-refractivity contribution in [2.24, 2.45) is 0 Å². The minimum atomic E-state index is -0.502. The SMILES string of the molecule is CCC[C@H]1NC(=O)N(CC(=O)N(C)c2ccccc2)C1=O. The molecule has 1 aromatic rings. The van der Waals surface area contributed by atoms with E-state index in [2.05, 4.69) is 5.32 Å². The van der Waals surface area contributed by atoms with E-state index in [1.54, 1.807) is 19.2 Å². The van der Waals surface area contributed by atoms with Crippen LogP contribution in [0, 0.1) is 0 Å². The smallest absolute Gasteiger partial charge is 0.325 e. The number of hydrogen-bond acceptors (Lipinski definition) is 3. The van der Waals surface area contributed by atoms with E-state index in [4.69, 9.17) is 0 Å². The van der Waals surface area contributed by atoms with Gasteiger partial charge in [-0.05, 0) is 18.6 Å². The quantitative estimate of drug-likeness (QED) is 0.832. The maximum atomic E-state index is 12.2. The van der Waals surface area contributed by atoms with E-state index in [1.807, 2.05) is 25.1 Å². The fourth-order valence-corrected chi connectivity index (χ4v) is 2.25. The number of amides is 4. The molecule has 1 N–H and O–H groups in total. The molecule has 2 rings (SSSR count). The van der Waals surface area contributed by atoms with Gasteiger partial charge in [0.1, 0.15) is 12.6 Å². The van der Waals surface area contributed by atoms with Gasteiger partial charge in [0.25, 0.3) is 5.91 Å². The normalized spacial score (nSPS) is 17.8. The Kier molecular flexibility index (Phi) is 4.57. The van der Waals surface area contributed by atoms with E-state index in [0.717, 1.165) is 17.0 Å². The zero-order valence-electron chi connectivity index (χ0n) is 12.2. The molecule has 0 aromatic heterocycles. The molecule has 21 heavy (non-hydrogen) atoms. The summed E-state index contributed by atoms with van der Waals surface area (Å²) in [7, 11) is 1.62. The second-order valence-corrected chi connectivity index (χ2v) is 5.00. The predicted molar refractivity (Wildman–Crippen MR) is 78.8 cm³/mol. The van der Waals surface area contributed by atoms with Crippen molar-refractivity contribution >= 4 is 23.5 Å². The van der Waals surface area contributed by atoms with Crippen LogP contribution in [0.1, 0.15) is 19.8 Å². The predicted octanol–water partition coefficient (Wildman–Crippen LogP) is 1.37. The van der Waals surface area contributed by atoms with Crippen LogP contribution in [0.25, 0.3) is 0 Å². The summed E-state index contributed by atoms with van der Waals surface area (Å²) in [6.07, 6.45) is 1.38. The summed E-state index contributed by atoms with van der Waals surface area (Å²) in [5.41, 5.74) is 0.722. The van der Waals surface area contributed by atoms with Crippen molar-refractivity contribution in [3.05, 3.63) is 30.3 Å². The fraction of sp³-hybridized carbons (Fsp3) is 0.400. The number of hydrogen-bond donors (Lipinski definition) is 1. The Morgan fingerprint density at radius 2 is 1.95 bits per heavy atom. The third-order valence-electron chi connectivity index (χ3n) is 3.50. The Morgan fingerprint density at radius 1 is 1.29 bits per heavy atom. The first-order valence-electron chi connectivity index (χ1n) is 6.98. The van der Waals surface area contributed by atoms with Crippen LogP contribution in [-0.2, 0) is 9.59 Å². The number of nitrogens with one attached hydrogen (secondary N) is 1. The number of likely N-dealkylation sites (N-methyl/N-ethyl adjacent to an activating group) is 1. The van der Waals surface area contributed by atoms with Crippen LogP contribution in [0.2, 0.25) is 0 Å². The van der Waals surface area contributed by atoms with Gasteiger partial charge in [-0.15, -0.1) is 0 Å². The largest absolute Gasteiger partial charge is 0.326 e. The lowest BCUT2D eigenvalue weighted by atomic mass is 10.2. The number of carbonyl (C=O) groups excluding carboxylic acids is 3. The van der Waals surface area contributed by atoms with Crippen molar-refractivity contribution in [3.63, 3.8) is 0 Å². The summed E-state index contributed by atoms with van der Waals surface area (Å²) in [6, 6.07) is 8.10. The summed E-state index contributed by atoms with van der Waals surface area (Å²) in [6.45, 7) is 1.70. The molecule has 1 saturated heterocycles. The first-order valence-corrected chi connectivity index (χ1v) is 6.98. The van der Waals surface area contributed by atoms with Crippen LogP contribution >= 0.6 is 0 Å². The molecular weight excluding hydrogens is 270 g/mol. The van der Waals surface area contributed by atoms with Crippen LogP contribution in [0.3, 0.4) is 0 Å². The number of benzene rings is 1. The maximum Gasteiger partial charge on any atom is 0.325 e. The van der Waals surface area contributed by atoms with Crippen LogP contribution in [-0.4, -0.2) is 42.4 Å². The molecule has 0 aliphatic carbocycles. The van der Waals surface area contributed by atoms with Gasteiger partial charge in [-0.1, -0.05) is 31.5 Å². The Balaban J connectivity index is 2.03. The van der Waals surface area contributed by atoms with Gasteiger partial charge in [-0.2, -0.15) is 0 Å². The van der Waals surface area contributed by atoms with Crippen LogP contribution in [0.5, 0.6) is 0 Å². The third-order valence-corrected chi connectivity index (χ3v) is 3.50. The van der Waals surface area contributed by atoms with Gasteiger partial charge in [0.2, 0.25) is 5.91 Å². The minimum Gasteiger partial charge on any atom is -0.326 e. The molecule has 6 heteroatoms. The van der Waals surface area contributed by atoms with Crippen LogP contribution in [0.15, 0.2) is 30.3 Å². The molecule has 112 valence electrons. The molecule has 1 aliphatic rings. The highest BCUT2D eigenvalue weighted by Gasteiger charge is 2.38. The van der Waals surface area contributed by atoms with Gasteiger partial charge in [0.05, 0.1) is 0 Å². The Morgan fingerprint density at radius 3 is 2.57 bits per heavy atom. The molecular formula is C15H19N3O3. The van der Waals surface area contributed by atoms with Crippen molar-refractivity contribution in [2.75, 3.05) is 18.5 Å². The summed E-state index contributed by atoms with van der Waals surface area (Å²) in [5.74, 6) is -0.626. The average Bonchev–Trinajstić information content (AvgIpc) is 2.75. The Labute approximate surface area is 123 Å². The van der Waals surface area contributed by atoms with E-state index < -0.39 is 12.1 Å². The number of nitrogens with zero attached hydrogens (tertiary/aromatic N) is 2. The second kappa shape index (κ2) is 6.39. The summed E-state index contributed by atoms with van der Waals surface area (Å²) in [4.78, 5) is 38.5. The van der Waals surface area contributed by atoms with E-state index in [0.29, 0.717) is 6.42 Å². The molecule has 4 amide bonds. The highest BCUT2D eigenvalue weighted by molar-refractivity contribution is 6.08. The van der Waals surface area contributed by atoms with Crippen molar-refractivity contribution < 1.29 is 14.4 Å². The van der Waals surface area contributed by atoms with Crippen molar-refractivity contribution in [2.45, 2.75) is 25.8 Å². The monoisotopic (exact) mass is 289 g/mol. The molecule has 6 nitrogen and oxygen atoms in total. The zero-order valence-corrected chi connectivity index (χ0v) is 12.2. The van der Waals surface area contributed by atoms with Crippen LogP contribution in [0.4, 0.5) is 10.5 Å². The van der Waals surface area contributed by atoms with E-state index in [1.165, 1.54) is 4.90 Å². The lowest BCUT2D eigenvalue weighted by Crippen LogP contribution is -2.42. The summed E-state index contributed by atoms with van der Waals surface area (Å²) >= 11 is 0. The van der Waals surface area contributed by atoms with E-state index in [9.17, 15) is 14.4 Å². The molecule has 1 aromatic carbocycles.